The van der Waals surface area contributed by atoms with Crippen LogP contribution in [0.15, 0.2) is 52.9 Å². The summed E-state index contributed by atoms with van der Waals surface area (Å²) >= 11 is 5.93. The average molecular weight is 436 g/mol. The van der Waals surface area contributed by atoms with Crippen molar-refractivity contribution in [1.82, 2.24) is 4.98 Å². The van der Waals surface area contributed by atoms with Crippen molar-refractivity contribution in [3.05, 3.63) is 85.9 Å². The van der Waals surface area contributed by atoms with Gasteiger partial charge in [-0.1, -0.05) is 23.7 Å². The molecule has 0 atom stereocenters. The van der Waals surface area contributed by atoms with Gasteiger partial charge in [0.15, 0.2) is 5.58 Å². The van der Waals surface area contributed by atoms with Crippen molar-refractivity contribution in [3.63, 3.8) is 0 Å². The van der Waals surface area contributed by atoms with Crippen LogP contribution < -0.4 is 5.32 Å². The van der Waals surface area contributed by atoms with Crippen molar-refractivity contribution in [2.75, 3.05) is 5.32 Å². The van der Waals surface area contributed by atoms with Gasteiger partial charge in [0.2, 0.25) is 5.89 Å². The third-order valence-electron chi connectivity index (χ3n) is 5.04. The number of aromatic nitrogens is 1. The molecule has 0 radical (unpaired) electrons. The maximum Gasteiger partial charge on any atom is 0.287 e. The summed E-state index contributed by atoms with van der Waals surface area (Å²) in [4.78, 5) is 27.6. The molecule has 0 aliphatic rings. The first-order valence-corrected chi connectivity index (χ1v) is 9.85. The van der Waals surface area contributed by atoms with E-state index in [1.807, 2.05) is 39.0 Å². The normalized spacial score (nSPS) is 11.0. The Morgan fingerprint density at radius 3 is 2.61 bits per heavy atom. The molecule has 1 N–H and O–H groups in total. The van der Waals surface area contributed by atoms with Gasteiger partial charge in [-0.25, -0.2) is 4.98 Å². The van der Waals surface area contributed by atoms with Crippen LogP contribution in [0.5, 0.6) is 0 Å². The number of nitro groups is 1. The number of rotatable bonds is 4. The van der Waals surface area contributed by atoms with Crippen LogP contribution in [-0.2, 0) is 0 Å². The second kappa shape index (κ2) is 7.85. The van der Waals surface area contributed by atoms with E-state index < -0.39 is 10.8 Å². The summed E-state index contributed by atoms with van der Waals surface area (Å²) in [6.45, 7) is 5.84. The number of hydrogen-bond acceptors (Lipinski definition) is 5. The molecule has 1 aromatic heterocycles. The molecule has 0 fully saturated rings. The lowest BCUT2D eigenvalue weighted by molar-refractivity contribution is -0.384. The zero-order valence-electron chi connectivity index (χ0n) is 17.0. The zero-order valence-corrected chi connectivity index (χ0v) is 17.8. The Hall–Kier alpha value is -3.71. The van der Waals surface area contributed by atoms with Crippen LogP contribution in [0.25, 0.3) is 22.6 Å². The van der Waals surface area contributed by atoms with Gasteiger partial charge >= 0.3 is 0 Å². The Balaban J connectivity index is 1.67. The smallest absolute Gasteiger partial charge is 0.287 e. The van der Waals surface area contributed by atoms with Crippen LogP contribution in [0.2, 0.25) is 5.02 Å². The number of carbonyl (C=O) groups excluding carboxylic acids is 1. The maximum absolute atomic E-state index is 12.7. The molecule has 0 aliphatic carbocycles. The average Bonchev–Trinajstić information content (AvgIpc) is 3.13. The second-order valence-electron chi connectivity index (χ2n) is 7.30. The van der Waals surface area contributed by atoms with Gasteiger partial charge in [-0.3, -0.25) is 14.9 Å². The van der Waals surface area contributed by atoms with Crippen LogP contribution in [0, 0.1) is 30.9 Å². The number of oxazole rings is 1. The summed E-state index contributed by atoms with van der Waals surface area (Å²) in [5.74, 6) is 0.0387. The molecule has 4 rings (SSSR count). The summed E-state index contributed by atoms with van der Waals surface area (Å²) in [6.07, 6.45) is 0. The van der Waals surface area contributed by atoms with Gasteiger partial charge < -0.3 is 9.73 Å². The fourth-order valence-corrected chi connectivity index (χ4v) is 3.73. The lowest BCUT2D eigenvalue weighted by Gasteiger charge is -2.11. The molecule has 7 nitrogen and oxygen atoms in total. The van der Waals surface area contributed by atoms with Crippen molar-refractivity contribution in [1.29, 1.82) is 0 Å². The minimum absolute atomic E-state index is 0.0970. The fraction of sp³-hybridized carbons (Fsp3) is 0.130. The number of fused-ring (bicyclic) bond motifs is 1. The van der Waals surface area contributed by atoms with Crippen LogP contribution in [0.4, 0.5) is 11.4 Å². The van der Waals surface area contributed by atoms with E-state index >= 15 is 0 Å². The summed E-state index contributed by atoms with van der Waals surface area (Å²) in [7, 11) is 0. The number of aryl methyl sites for hydroxylation is 2. The van der Waals surface area contributed by atoms with Gasteiger partial charge in [0.25, 0.3) is 11.6 Å². The first kappa shape index (κ1) is 20.6. The largest absolute Gasteiger partial charge is 0.436 e. The van der Waals surface area contributed by atoms with Gasteiger partial charge in [0.1, 0.15) is 10.5 Å². The van der Waals surface area contributed by atoms with E-state index in [2.05, 4.69) is 10.3 Å². The van der Waals surface area contributed by atoms with E-state index in [0.29, 0.717) is 11.6 Å². The lowest BCUT2D eigenvalue weighted by atomic mass is 10.1. The molecule has 0 saturated heterocycles. The van der Waals surface area contributed by atoms with Crippen molar-refractivity contribution >= 4 is 40.0 Å². The summed E-state index contributed by atoms with van der Waals surface area (Å²) in [5.41, 5.74) is 5.70. The second-order valence-corrected chi connectivity index (χ2v) is 7.71. The van der Waals surface area contributed by atoms with Gasteiger partial charge in [0, 0.05) is 22.9 Å². The predicted octanol–water partition coefficient (Wildman–Crippen LogP) is 6.23. The molecule has 0 saturated carbocycles. The number of halogens is 1. The summed E-state index contributed by atoms with van der Waals surface area (Å²) in [6, 6.07) is 13.3. The highest BCUT2D eigenvalue weighted by molar-refractivity contribution is 6.33. The molecule has 0 aliphatic heterocycles. The maximum atomic E-state index is 12.7. The lowest BCUT2D eigenvalue weighted by Crippen LogP contribution is -2.13. The Kier molecular flexibility index (Phi) is 5.20. The van der Waals surface area contributed by atoms with E-state index in [1.54, 1.807) is 12.1 Å². The summed E-state index contributed by atoms with van der Waals surface area (Å²) < 4.78 is 6.01. The standard InChI is InChI=1S/C23H18ClN3O4/c1-12-9-13(2)21-19(10-12)26-23(31-21)16-5-4-6-18(14(16)3)25-22(28)15-7-8-20(27(29)30)17(24)11-15/h4-11H,1-3H3,(H,25,28). The van der Waals surface area contributed by atoms with Gasteiger partial charge in [-0.2, -0.15) is 0 Å². The number of hydrogen-bond donors (Lipinski definition) is 1. The number of carbonyl (C=O) groups is 1. The van der Waals surface area contributed by atoms with Crippen molar-refractivity contribution in [3.8, 4) is 11.5 Å². The van der Waals surface area contributed by atoms with Crippen LogP contribution in [-0.4, -0.2) is 15.8 Å². The van der Waals surface area contributed by atoms with E-state index in [1.165, 1.54) is 18.2 Å². The highest BCUT2D eigenvalue weighted by Crippen LogP contribution is 2.32. The first-order valence-electron chi connectivity index (χ1n) is 9.47. The van der Waals surface area contributed by atoms with Crippen LogP contribution in [0.1, 0.15) is 27.0 Å². The predicted molar refractivity (Wildman–Crippen MR) is 120 cm³/mol. The monoisotopic (exact) mass is 435 g/mol. The third kappa shape index (κ3) is 3.87. The van der Waals surface area contributed by atoms with Crippen molar-refractivity contribution < 1.29 is 14.1 Å². The minimum Gasteiger partial charge on any atom is -0.436 e. The molecule has 156 valence electrons. The zero-order chi connectivity index (χ0) is 22.3. The molecular weight excluding hydrogens is 418 g/mol. The molecule has 1 heterocycles. The number of benzene rings is 3. The van der Waals surface area contributed by atoms with Gasteiger partial charge in [0.05, 0.1) is 4.92 Å². The van der Waals surface area contributed by atoms with Gasteiger partial charge in [-0.15, -0.1) is 0 Å². The molecule has 8 heteroatoms. The van der Waals surface area contributed by atoms with E-state index in [0.717, 1.165) is 33.4 Å². The minimum atomic E-state index is -0.596. The van der Waals surface area contributed by atoms with Crippen LogP contribution >= 0.6 is 11.6 Å². The highest BCUT2D eigenvalue weighted by atomic mass is 35.5. The molecule has 0 bridgehead atoms. The van der Waals surface area contributed by atoms with Crippen molar-refractivity contribution in [2.45, 2.75) is 20.8 Å². The number of anilines is 1. The molecule has 31 heavy (non-hydrogen) atoms. The van der Waals surface area contributed by atoms with Gasteiger partial charge in [-0.05, 0) is 67.8 Å². The Labute approximate surface area is 182 Å². The van der Waals surface area contributed by atoms with E-state index in [9.17, 15) is 14.9 Å². The molecular formula is C23H18ClN3O4. The highest BCUT2D eigenvalue weighted by Gasteiger charge is 2.18. The molecule has 0 unspecified atom stereocenters. The molecule has 4 aromatic rings. The fourth-order valence-electron chi connectivity index (χ4n) is 3.49. The van der Waals surface area contributed by atoms with E-state index in [4.69, 9.17) is 16.0 Å². The number of nitrogens with zero attached hydrogens (tertiary/aromatic N) is 2. The SMILES string of the molecule is Cc1cc(C)c2oc(-c3cccc(NC(=O)c4ccc([N+](=O)[O-])c(Cl)c4)c3C)nc2c1. The number of nitrogens with one attached hydrogen (secondary N) is 1. The molecule has 0 spiro atoms. The molecule has 3 aromatic carbocycles. The Bertz CT molecular complexity index is 1360. The Morgan fingerprint density at radius 1 is 1.13 bits per heavy atom. The number of nitro benzene ring substituents is 1. The first-order chi connectivity index (χ1) is 14.7. The molecule has 1 amide bonds. The van der Waals surface area contributed by atoms with Crippen molar-refractivity contribution in [2.24, 2.45) is 0 Å². The quantitative estimate of drug-likeness (QED) is 0.302. The Morgan fingerprint density at radius 2 is 1.90 bits per heavy atom. The third-order valence-corrected chi connectivity index (χ3v) is 5.34. The van der Waals surface area contributed by atoms with Crippen LogP contribution in [0.3, 0.4) is 0 Å². The van der Waals surface area contributed by atoms with E-state index in [-0.39, 0.29) is 16.3 Å². The topological polar surface area (TPSA) is 98.3 Å². The number of amides is 1. The summed E-state index contributed by atoms with van der Waals surface area (Å²) in [5, 5.41) is 13.7.